The Morgan fingerprint density at radius 3 is 2.68 bits per heavy atom. The summed E-state index contributed by atoms with van der Waals surface area (Å²) in [7, 11) is 0. The first kappa shape index (κ1) is 15.6. The fourth-order valence-corrected chi connectivity index (χ4v) is 1.68. The SMILES string of the molecule is CCCCOCCNc1cc(N)cc(OC(C)C)c1. The van der Waals surface area contributed by atoms with Crippen molar-refractivity contribution in [3.8, 4) is 5.75 Å². The standard InChI is InChI=1S/C15H26N2O2/c1-4-5-7-18-8-6-17-14-9-13(16)10-15(11-14)19-12(2)3/h9-12,17H,4-8,16H2,1-3H3. The summed E-state index contributed by atoms with van der Waals surface area (Å²) < 4.78 is 11.1. The van der Waals surface area contributed by atoms with Crippen LogP contribution in [0.3, 0.4) is 0 Å². The van der Waals surface area contributed by atoms with Gasteiger partial charge in [-0.3, -0.25) is 0 Å². The van der Waals surface area contributed by atoms with Crippen LogP contribution >= 0.6 is 0 Å². The molecule has 0 saturated heterocycles. The van der Waals surface area contributed by atoms with Crippen molar-refractivity contribution in [1.29, 1.82) is 0 Å². The van der Waals surface area contributed by atoms with Crippen molar-refractivity contribution in [3.63, 3.8) is 0 Å². The van der Waals surface area contributed by atoms with Gasteiger partial charge in [0.15, 0.2) is 0 Å². The van der Waals surface area contributed by atoms with E-state index in [4.69, 9.17) is 15.2 Å². The number of benzene rings is 1. The lowest BCUT2D eigenvalue weighted by molar-refractivity contribution is 0.141. The first-order valence-electron chi connectivity index (χ1n) is 7.00. The van der Waals surface area contributed by atoms with E-state index >= 15 is 0 Å². The number of nitrogens with two attached hydrogens (primary N) is 1. The van der Waals surface area contributed by atoms with Crippen molar-refractivity contribution in [1.82, 2.24) is 0 Å². The third-order valence-electron chi connectivity index (χ3n) is 2.52. The van der Waals surface area contributed by atoms with Gasteiger partial charge in [-0.1, -0.05) is 13.3 Å². The predicted molar refractivity (Wildman–Crippen MR) is 80.8 cm³/mol. The van der Waals surface area contributed by atoms with Gasteiger partial charge < -0.3 is 20.5 Å². The van der Waals surface area contributed by atoms with E-state index in [2.05, 4.69) is 12.2 Å². The van der Waals surface area contributed by atoms with Gasteiger partial charge in [0.2, 0.25) is 0 Å². The van der Waals surface area contributed by atoms with Gasteiger partial charge in [0.25, 0.3) is 0 Å². The summed E-state index contributed by atoms with van der Waals surface area (Å²) in [6.45, 7) is 8.46. The van der Waals surface area contributed by atoms with E-state index in [1.54, 1.807) is 0 Å². The molecule has 0 aromatic heterocycles. The molecule has 1 rings (SSSR count). The number of ether oxygens (including phenoxy) is 2. The number of hydrogen-bond acceptors (Lipinski definition) is 4. The van der Waals surface area contributed by atoms with Crippen molar-refractivity contribution in [2.75, 3.05) is 30.8 Å². The van der Waals surface area contributed by atoms with E-state index in [9.17, 15) is 0 Å². The molecule has 0 bridgehead atoms. The molecule has 3 N–H and O–H groups in total. The highest BCUT2D eigenvalue weighted by Crippen LogP contribution is 2.23. The maximum absolute atomic E-state index is 5.85. The van der Waals surface area contributed by atoms with Crippen LogP contribution in [0, 0.1) is 0 Å². The summed E-state index contributed by atoms with van der Waals surface area (Å²) in [5.74, 6) is 0.796. The van der Waals surface area contributed by atoms with Crippen LogP contribution in [0.15, 0.2) is 18.2 Å². The van der Waals surface area contributed by atoms with Crippen LogP contribution in [0.5, 0.6) is 5.75 Å². The molecule has 0 spiro atoms. The van der Waals surface area contributed by atoms with Crippen LogP contribution in [-0.2, 0) is 4.74 Å². The second kappa shape index (κ2) is 8.64. The van der Waals surface area contributed by atoms with E-state index < -0.39 is 0 Å². The van der Waals surface area contributed by atoms with Crippen LogP contribution < -0.4 is 15.8 Å². The van der Waals surface area contributed by atoms with Crippen LogP contribution in [0.4, 0.5) is 11.4 Å². The summed E-state index contributed by atoms with van der Waals surface area (Å²) in [6.07, 6.45) is 2.43. The molecule has 0 unspecified atom stereocenters. The Kier molecular flexibility index (Phi) is 7.11. The van der Waals surface area contributed by atoms with Gasteiger partial charge in [-0.05, 0) is 26.3 Å². The molecule has 0 atom stereocenters. The van der Waals surface area contributed by atoms with Crippen LogP contribution in [-0.4, -0.2) is 25.9 Å². The highest BCUT2D eigenvalue weighted by molar-refractivity contribution is 5.59. The van der Waals surface area contributed by atoms with Gasteiger partial charge >= 0.3 is 0 Å². The summed E-state index contributed by atoms with van der Waals surface area (Å²) in [5.41, 5.74) is 7.52. The molecular weight excluding hydrogens is 240 g/mol. The van der Waals surface area contributed by atoms with Crippen LogP contribution in [0.2, 0.25) is 0 Å². The highest BCUT2D eigenvalue weighted by atomic mass is 16.5. The number of nitrogen functional groups attached to an aromatic ring is 1. The molecule has 0 aliphatic carbocycles. The molecule has 4 heteroatoms. The minimum Gasteiger partial charge on any atom is -0.491 e. The molecular formula is C15H26N2O2. The summed E-state index contributed by atoms with van der Waals surface area (Å²) in [6, 6.07) is 5.70. The van der Waals surface area contributed by atoms with E-state index in [0.717, 1.165) is 31.0 Å². The molecule has 0 heterocycles. The molecule has 19 heavy (non-hydrogen) atoms. The fourth-order valence-electron chi connectivity index (χ4n) is 1.68. The van der Waals surface area contributed by atoms with Gasteiger partial charge in [0.1, 0.15) is 5.75 Å². The van der Waals surface area contributed by atoms with Gasteiger partial charge in [0, 0.05) is 36.7 Å². The quantitative estimate of drug-likeness (QED) is 0.532. The predicted octanol–water partition coefficient (Wildman–Crippen LogP) is 3.28. The zero-order chi connectivity index (χ0) is 14.1. The van der Waals surface area contributed by atoms with Crippen molar-refractivity contribution in [2.45, 2.75) is 39.7 Å². The van der Waals surface area contributed by atoms with Crippen molar-refractivity contribution in [3.05, 3.63) is 18.2 Å². The maximum atomic E-state index is 5.85. The lowest BCUT2D eigenvalue weighted by Gasteiger charge is -2.13. The Bertz CT molecular complexity index is 367. The number of hydrogen-bond donors (Lipinski definition) is 2. The summed E-state index contributed by atoms with van der Waals surface area (Å²) in [4.78, 5) is 0. The topological polar surface area (TPSA) is 56.5 Å². The molecule has 0 saturated carbocycles. The molecule has 1 aromatic carbocycles. The zero-order valence-electron chi connectivity index (χ0n) is 12.2. The first-order valence-corrected chi connectivity index (χ1v) is 7.00. The molecule has 0 fully saturated rings. The number of unbranched alkanes of at least 4 members (excludes halogenated alkanes) is 1. The van der Waals surface area contributed by atoms with E-state index in [1.165, 1.54) is 6.42 Å². The first-order chi connectivity index (χ1) is 9.11. The molecule has 0 aliphatic heterocycles. The van der Waals surface area contributed by atoms with E-state index in [0.29, 0.717) is 12.3 Å². The number of nitrogens with one attached hydrogen (secondary N) is 1. The van der Waals surface area contributed by atoms with Gasteiger partial charge in [-0.25, -0.2) is 0 Å². The third kappa shape index (κ3) is 6.91. The van der Waals surface area contributed by atoms with E-state index in [-0.39, 0.29) is 6.10 Å². The lowest BCUT2D eigenvalue weighted by Crippen LogP contribution is -2.11. The average Bonchev–Trinajstić information content (AvgIpc) is 2.32. The lowest BCUT2D eigenvalue weighted by atomic mass is 10.2. The third-order valence-corrected chi connectivity index (χ3v) is 2.52. The molecule has 0 aliphatic rings. The fraction of sp³-hybridized carbons (Fsp3) is 0.600. The summed E-state index contributed by atoms with van der Waals surface area (Å²) >= 11 is 0. The monoisotopic (exact) mass is 266 g/mol. The highest BCUT2D eigenvalue weighted by Gasteiger charge is 2.02. The minimum atomic E-state index is 0.145. The van der Waals surface area contributed by atoms with Gasteiger partial charge in [-0.15, -0.1) is 0 Å². The van der Waals surface area contributed by atoms with E-state index in [1.807, 2.05) is 32.0 Å². The Labute approximate surface area is 116 Å². The number of anilines is 2. The normalized spacial score (nSPS) is 10.7. The maximum Gasteiger partial charge on any atom is 0.123 e. The van der Waals surface area contributed by atoms with Crippen LogP contribution in [0.25, 0.3) is 0 Å². The molecule has 0 amide bonds. The Balaban J connectivity index is 2.38. The van der Waals surface area contributed by atoms with Gasteiger partial charge in [-0.2, -0.15) is 0 Å². The van der Waals surface area contributed by atoms with Crippen molar-refractivity contribution in [2.24, 2.45) is 0 Å². The van der Waals surface area contributed by atoms with Crippen molar-refractivity contribution >= 4 is 11.4 Å². The van der Waals surface area contributed by atoms with Crippen LogP contribution in [0.1, 0.15) is 33.6 Å². The number of rotatable bonds is 9. The Morgan fingerprint density at radius 2 is 2.00 bits per heavy atom. The Hall–Kier alpha value is -1.42. The van der Waals surface area contributed by atoms with Crippen molar-refractivity contribution < 1.29 is 9.47 Å². The molecule has 4 nitrogen and oxygen atoms in total. The van der Waals surface area contributed by atoms with Gasteiger partial charge in [0.05, 0.1) is 12.7 Å². The minimum absolute atomic E-state index is 0.145. The molecule has 108 valence electrons. The molecule has 0 radical (unpaired) electrons. The molecule has 1 aromatic rings. The Morgan fingerprint density at radius 1 is 1.21 bits per heavy atom. The second-order valence-corrected chi connectivity index (χ2v) is 4.85. The zero-order valence-corrected chi connectivity index (χ0v) is 12.2. The summed E-state index contributed by atoms with van der Waals surface area (Å²) in [5, 5.41) is 3.29. The largest absolute Gasteiger partial charge is 0.491 e. The smallest absolute Gasteiger partial charge is 0.123 e. The average molecular weight is 266 g/mol. The second-order valence-electron chi connectivity index (χ2n) is 4.85.